The molecule has 0 heterocycles. The summed E-state index contributed by atoms with van der Waals surface area (Å²) in [6.45, 7) is 4.56. The molecule has 1 radical (unpaired) electrons. The maximum Gasteiger partial charge on any atom is 0 e. The van der Waals surface area contributed by atoms with Gasteiger partial charge in [0.25, 0.3) is 0 Å². The van der Waals surface area contributed by atoms with Crippen molar-refractivity contribution < 1.29 is 17.1 Å². The molecular weight excluding hydrogens is 240 g/mol. The second kappa shape index (κ2) is 19.4. The molecule has 0 saturated carbocycles. The maximum absolute atomic E-state index is 2.28. The van der Waals surface area contributed by atoms with Gasteiger partial charge >= 0.3 is 0 Å². The summed E-state index contributed by atoms with van der Waals surface area (Å²) >= 11 is 0. The van der Waals surface area contributed by atoms with E-state index >= 15 is 0 Å². The summed E-state index contributed by atoms with van der Waals surface area (Å²) in [5, 5.41) is 0. The summed E-state index contributed by atoms with van der Waals surface area (Å²) in [7, 11) is 0. The smallest absolute Gasteiger partial charge is 0 e. The Bertz CT molecular complexity index is 66.7. The average Bonchev–Trinajstić information content (AvgIpc) is 2.10. The van der Waals surface area contributed by atoms with Crippen LogP contribution in [0.4, 0.5) is 0 Å². The van der Waals surface area contributed by atoms with Gasteiger partial charge in [-0.25, -0.2) is 0 Å². The predicted molar refractivity (Wildman–Crippen MR) is 67.9 cm³/mol. The van der Waals surface area contributed by atoms with Crippen LogP contribution in [0.5, 0.6) is 0 Å². The summed E-state index contributed by atoms with van der Waals surface area (Å²) < 4.78 is 0. The van der Waals surface area contributed by atoms with Gasteiger partial charge in [-0.3, -0.25) is 0 Å². The van der Waals surface area contributed by atoms with E-state index in [1.165, 1.54) is 64.2 Å². The number of hydrogen-bond acceptors (Lipinski definition) is 0. The zero-order valence-corrected chi connectivity index (χ0v) is 11.8. The molecule has 0 aromatic rings. The molecule has 0 fully saturated rings. The Morgan fingerprint density at radius 3 is 0.929 bits per heavy atom. The van der Waals surface area contributed by atoms with E-state index in [0.29, 0.717) is 0 Å². The number of hydrogen-bond donors (Lipinski definition) is 0. The van der Waals surface area contributed by atoms with Crippen molar-refractivity contribution in [2.45, 2.75) is 78.1 Å². The van der Waals surface area contributed by atoms with Crippen molar-refractivity contribution in [3.05, 3.63) is 0 Å². The molecule has 93 valence electrons. The Morgan fingerprint density at radius 1 is 0.500 bits per heavy atom. The van der Waals surface area contributed by atoms with Crippen molar-refractivity contribution >= 4 is 13.5 Å². The van der Waals surface area contributed by atoms with Crippen molar-refractivity contribution in [2.75, 3.05) is 0 Å². The molecule has 0 aromatic carbocycles. The number of unbranched alkanes of at least 4 members (excludes halogenated alkanes) is 9. The third-order valence-electron chi connectivity index (χ3n) is 2.46. The molecule has 0 N–H and O–H groups in total. The summed E-state index contributed by atoms with van der Waals surface area (Å²) in [4.78, 5) is 0. The molecule has 0 atom stereocenters. The van der Waals surface area contributed by atoms with Crippen LogP contribution in [-0.2, 0) is 17.1 Å². The summed E-state index contributed by atoms with van der Waals surface area (Å²) in [6.07, 6.45) is 14.4. The fourth-order valence-corrected chi connectivity index (χ4v) is 1.56. The van der Waals surface area contributed by atoms with Gasteiger partial charge in [-0.15, -0.1) is 0 Å². The third-order valence-corrected chi connectivity index (χ3v) is 2.46. The van der Waals surface area contributed by atoms with Crippen molar-refractivity contribution in [1.82, 2.24) is 0 Å². The normalized spacial score (nSPS) is 9.00. The fraction of sp³-hybridized carbons (Fsp3) is 1.00. The zero-order valence-electron chi connectivity index (χ0n) is 9.87. The average molecular weight is 268 g/mol. The molecule has 0 nitrogen and oxygen atoms in total. The summed E-state index contributed by atoms with van der Waals surface area (Å²) in [5.74, 6) is 0. The van der Waals surface area contributed by atoms with E-state index in [1.54, 1.807) is 0 Å². The van der Waals surface area contributed by atoms with Crippen LogP contribution in [0.3, 0.4) is 0 Å². The first-order valence-electron chi connectivity index (χ1n) is 5.91. The Balaban J connectivity index is -0.000000605. The molecule has 0 amide bonds. The summed E-state index contributed by atoms with van der Waals surface area (Å²) in [6, 6.07) is 0. The molecule has 0 aliphatic heterocycles. The third kappa shape index (κ3) is 18.6. The van der Waals surface area contributed by atoms with Crippen molar-refractivity contribution in [2.24, 2.45) is 0 Å². The Kier molecular flexibility index (Phi) is 28.2. The first-order chi connectivity index (χ1) is 5.91. The molecule has 0 bridgehead atoms. The minimum Gasteiger partial charge on any atom is -0.197 e. The molecule has 0 rings (SSSR count). The van der Waals surface area contributed by atoms with Gasteiger partial charge in [-0.2, -0.15) is 13.5 Å². The van der Waals surface area contributed by atoms with Gasteiger partial charge in [0.05, 0.1) is 0 Å². The quantitative estimate of drug-likeness (QED) is 0.406. The molecular formula is C12H28CuS. The van der Waals surface area contributed by atoms with E-state index < -0.39 is 0 Å². The van der Waals surface area contributed by atoms with Crippen molar-refractivity contribution in [3.8, 4) is 0 Å². The van der Waals surface area contributed by atoms with Crippen LogP contribution in [0.15, 0.2) is 0 Å². The minimum absolute atomic E-state index is 0. The zero-order chi connectivity index (χ0) is 9.07. The van der Waals surface area contributed by atoms with Crippen LogP contribution >= 0.6 is 13.5 Å². The maximum atomic E-state index is 2.28. The van der Waals surface area contributed by atoms with Gasteiger partial charge in [-0.1, -0.05) is 78.1 Å². The van der Waals surface area contributed by atoms with Gasteiger partial charge < -0.3 is 0 Å². The van der Waals surface area contributed by atoms with Crippen molar-refractivity contribution in [1.29, 1.82) is 0 Å². The fourth-order valence-electron chi connectivity index (χ4n) is 1.56. The largest absolute Gasteiger partial charge is 0.197 e. The summed E-state index contributed by atoms with van der Waals surface area (Å²) in [5.41, 5.74) is 0. The van der Waals surface area contributed by atoms with E-state index in [0.717, 1.165) is 0 Å². The van der Waals surface area contributed by atoms with Crippen molar-refractivity contribution in [3.63, 3.8) is 0 Å². The Labute approximate surface area is 109 Å². The Morgan fingerprint density at radius 2 is 0.714 bits per heavy atom. The van der Waals surface area contributed by atoms with Crippen LogP contribution < -0.4 is 0 Å². The van der Waals surface area contributed by atoms with Gasteiger partial charge in [-0.05, 0) is 0 Å². The molecule has 0 saturated heterocycles. The second-order valence-electron chi connectivity index (χ2n) is 3.83. The van der Waals surface area contributed by atoms with E-state index in [2.05, 4.69) is 13.8 Å². The van der Waals surface area contributed by atoms with Gasteiger partial charge in [0.2, 0.25) is 0 Å². The van der Waals surface area contributed by atoms with Gasteiger partial charge in [0, 0.05) is 17.1 Å². The SMILES string of the molecule is CCCCCCCCCCCC.S.[Cu]. The molecule has 0 aliphatic carbocycles. The van der Waals surface area contributed by atoms with Crippen LogP contribution in [-0.4, -0.2) is 0 Å². The topological polar surface area (TPSA) is 0 Å². The van der Waals surface area contributed by atoms with Gasteiger partial charge in [0.1, 0.15) is 0 Å². The van der Waals surface area contributed by atoms with Gasteiger partial charge in [0.15, 0.2) is 0 Å². The molecule has 14 heavy (non-hydrogen) atoms. The van der Waals surface area contributed by atoms with E-state index in [9.17, 15) is 0 Å². The standard InChI is InChI=1S/C12H26.Cu.H2S/c1-3-5-7-9-11-12-10-8-6-4-2;;/h3-12H2,1-2H3;;1H2. The predicted octanol–water partition coefficient (Wildman–Crippen LogP) is 5.04. The van der Waals surface area contributed by atoms with E-state index in [4.69, 9.17) is 0 Å². The van der Waals surface area contributed by atoms with Crippen LogP contribution in [0.1, 0.15) is 78.1 Å². The second-order valence-corrected chi connectivity index (χ2v) is 3.83. The molecule has 0 aromatic heterocycles. The first-order valence-corrected chi connectivity index (χ1v) is 5.91. The first kappa shape index (κ1) is 20.3. The monoisotopic (exact) mass is 267 g/mol. The van der Waals surface area contributed by atoms with Crippen LogP contribution in [0, 0.1) is 0 Å². The minimum atomic E-state index is 0. The van der Waals surface area contributed by atoms with Crippen LogP contribution in [0.2, 0.25) is 0 Å². The van der Waals surface area contributed by atoms with E-state index in [-0.39, 0.29) is 30.6 Å². The molecule has 0 aliphatic rings. The van der Waals surface area contributed by atoms with E-state index in [1.807, 2.05) is 0 Å². The molecule has 0 unspecified atom stereocenters. The van der Waals surface area contributed by atoms with Crippen LogP contribution in [0.25, 0.3) is 0 Å². The molecule has 2 heteroatoms. The number of rotatable bonds is 9. The Hall–Kier alpha value is 0.869. The molecule has 0 spiro atoms.